The molecule has 6 nitrogen and oxygen atoms in total. The minimum absolute atomic E-state index is 0.0209. The van der Waals surface area contributed by atoms with E-state index in [1.54, 1.807) is 13.3 Å². The summed E-state index contributed by atoms with van der Waals surface area (Å²) < 4.78 is 6.97. The SMILES string of the molecule is CCC(Nc1ccc(OC)nc1)n1nnc2ccccc21. The Labute approximate surface area is 122 Å². The topological polar surface area (TPSA) is 64.9 Å². The summed E-state index contributed by atoms with van der Waals surface area (Å²) in [6, 6.07) is 11.7. The normalized spacial score (nSPS) is 12.3. The molecule has 3 rings (SSSR count). The zero-order chi connectivity index (χ0) is 14.7. The van der Waals surface area contributed by atoms with Crippen LogP contribution in [0.15, 0.2) is 42.6 Å². The number of rotatable bonds is 5. The number of benzene rings is 1. The summed E-state index contributed by atoms with van der Waals surface area (Å²) in [5.41, 5.74) is 2.83. The maximum atomic E-state index is 5.06. The Morgan fingerprint density at radius 3 is 2.81 bits per heavy atom. The largest absolute Gasteiger partial charge is 0.481 e. The second kappa shape index (κ2) is 5.78. The van der Waals surface area contributed by atoms with Crippen molar-refractivity contribution in [3.63, 3.8) is 0 Å². The van der Waals surface area contributed by atoms with Gasteiger partial charge in [-0.15, -0.1) is 5.10 Å². The Bertz CT molecular complexity index is 722. The first kappa shape index (κ1) is 13.4. The van der Waals surface area contributed by atoms with Crippen LogP contribution in [0.1, 0.15) is 19.5 Å². The average molecular weight is 283 g/mol. The molecule has 1 atom stereocenters. The molecule has 0 saturated heterocycles. The van der Waals surface area contributed by atoms with Gasteiger partial charge in [0, 0.05) is 6.07 Å². The van der Waals surface area contributed by atoms with Gasteiger partial charge in [-0.3, -0.25) is 0 Å². The van der Waals surface area contributed by atoms with Crippen LogP contribution in [0, 0.1) is 0 Å². The van der Waals surface area contributed by atoms with Crippen molar-refractivity contribution in [2.75, 3.05) is 12.4 Å². The first-order valence-electron chi connectivity index (χ1n) is 6.88. The van der Waals surface area contributed by atoms with Crippen LogP contribution in [-0.4, -0.2) is 27.1 Å². The minimum Gasteiger partial charge on any atom is -0.481 e. The molecule has 0 bridgehead atoms. The second-order valence-corrected chi connectivity index (χ2v) is 4.68. The standard InChI is InChI=1S/C15H17N5O/c1-3-14(17-11-8-9-15(21-2)16-10-11)20-13-7-5-4-6-12(13)18-19-20/h4-10,14,17H,3H2,1-2H3. The Balaban J connectivity index is 1.87. The summed E-state index contributed by atoms with van der Waals surface area (Å²) in [5, 5.41) is 11.9. The van der Waals surface area contributed by atoms with E-state index in [0.29, 0.717) is 5.88 Å². The predicted octanol–water partition coefficient (Wildman–Crippen LogP) is 2.86. The van der Waals surface area contributed by atoms with Gasteiger partial charge in [0.05, 0.1) is 24.5 Å². The van der Waals surface area contributed by atoms with Gasteiger partial charge in [0.15, 0.2) is 0 Å². The number of aromatic nitrogens is 4. The summed E-state index contributed by atoms with van der Waals surface area (Å²) in [4.78, 5) is 4.20. The van der Waals surface area contributed by atoms with Gasteiger partial charge in [-0.05, 0) is 24.6 Å². The first-order chi connectivity index (χ1) is 10.3. The van der Waals surface area contributed by atoms with Crippen LogP contribution >= 0.6 is 0 Å². The Hall–Kier alpha value is -2.63. The minimum atomic E-state index is 0.0209. The molecule has 0 amide bonds. The average Bonchev–Trinajstić information content (AvgIpc) is 2.97. The molecular weight excluding hydrogens is 266 g/mol. The van der Waals surface area contributed by atoms with E-state index < -0.39 is 0 Å². The fraction of sp³-hybridized carbons (Fsp3) is 0.267. The Kier molecular flexibility index (Phi) is 3.68. The molecule has 108 valence electrons. The molecule has 6 heteroatoms. The number of nitrogens with one attached hydrogen (secondary N) is 1. The lowest BCUT2D eigenvalue weighted by molar-refractivity contribution is 0.398. The molecule has 21 heavy (non-hydrogen) atoms. The monoisotopic (exact) mass is 283 g/mol. The number of ether oxygens (including phenoxy) is 1. The smallest absolute Gasteiger partial charge is 0.213 e. The number of para-hydroxylation sites is 1. The zero-order valence-electron chi connectivity index (χ0n) is 12.0. The third-order valence-electron chi connectivity index (χ3n) is 3.34. The van der Waals surface area contributed by atoms with E-state index in [0.717, 1.165) is 23.1 Å². The maximum Gasteiger partial charge on any atom is 0.213 e. The van der Waals surface area contributed by atoms with Crippen molar-refractivity contribution in [1.29, 1.82) is 0 Å². The van der Waals surface area contributed by atoms with Crippen molar-refractivity contribution in [3.8, 4) is 5.88 Å². The fourth-order valence-electron chi connectivity index (χ4n) is 2.23. The molecule has 0 aliphatic carbocycles. The summed E-state index contributed by atoms with van der Waals surface area (Å²) >= 11 is 0. The summed E-state index contributed by atoms with van der Waals surface area (Å²) in [5.74, 6) is 0.597. The molecular formula is C15H17N5O. The first-order valence-corrected chi connectivity index (χ1v) is 6.88. The highest BCUT2D eigenvalue weighted by atomic mass is 16.5. The van der Waals surface area contributed by atoms with Crippen molar-refractivity contribution in [1.82, 2.24) is 20.0 Å². The molecule has 0 saturated carbocycles. The fourth-order valence-corrected chi connectivity index (χ4v) is 2.23. The van der Waals surface area contributed by atoms with E-state index in [-0.39, 0.29) is 6.17 Å². The van der Waals surface area contributed by atoms with Crippen molar-refractivity contribution in [3.05, 3.63) is 42.6 Å². The molecule has 3 aromatic rings. The van der Waals surface area contributed by atoms with Gasteiger partial charge >= 0.3 is 0 Å². The number of hydrogen-bond donors (Lipinski definition) is 1. The lowest BCUT2D eigenvalue weighted by atomic mass is 10.3. The van der Waals surface area contributed by atoms with Gasteiger partial charge in [-0.1, -0.05) is 24.3 Å². The van der Waals surface area contributed by atoms with Gasteiger partial charge in [-0.2, -0.15) is 0 Å². The molecule has 0 aliphatic heterocycles. The van der Waals surface area contributed by atoms with Crippen molar-refractivity contribution in [2.24, 2.45) is 0 Å². The van der Waals surface area contributed by atoms with E-state index >= 15 is 0 Å². The predicted molar refractivity (Wildman–Crippen MR) is 81.3 cm³/mol. The lowest BCUT2D eigenvalue weighted by Crippen LogP contribution is -2.19. The third kappa shape index (κ3) is 2.65. The summed E-state index contributed by atoms with van der Waals surface area (Å²) in [7, 11) is 1.60. The Morgan fingerprint density at radius 2 is 2.10 bits per heavy atom. The quantitative estimate of drug-likeness (QED) is 0.780. The highest BCUT2D eigenvalue weighted by Crippen LogP contribution is 2.21. The van der Waals surface area contributed by atoms with Crippen molar-refractivity contribution >= 4 is 16.7 Å². The summed E-state index contributed by atoms with van der Waals surface area (Å²) in [6.45, 7) is 2.10. The molecule has 2 aromatic heterocycles. The van der Waals surface area contributed by atoms with Crippen molar-refractivity contribution in [2.45, 2.75) is 19.5 Å². The molecule has 0 fully saturated rings. The van der Waals surface area contributed by atoms with Gasteiger partial charge < -0.3 is 10.1 Å². The van der Waals surface area contributed by atoms with Crippen LogP contribution in [0.5, 0.6) is 5.88 Å². The molecule has 0 radical (unpaired) electrons. The van der Waals surface area contributed by atoms with Gasteiger partial charge in [0.2, 0.25) is 5.88 Å². The van der Waals surface area contributed by atoms with Crippen molar-refractivity contribution < 1.29 is 4.74 Å². The molecule has 0 aliphatic rings. The number of methoxy groups -OCH3 is 1. The molecule has 2 heterocycles. The lowest BCUT2D eigenvalue weighted by Gasteiger charge is -2.18. The number of pyridine rings is 1. The number of anilines is 1. The van der Waals surface area contributed by atoms with Gasteiger partial charge in [0.1, 0.15) is 11.7 Å². The highest BCUT2D eigenvalue weighted by Gasteiger charge is 2.13. The Morgan fingerprint density at radius 1 is 1.24 bits per heavy atom. The van der Waals surface area contributed by atoms with Crippen LogP contribution in [0.2, 0.25) is 0 Å². The molecule has 1 aromatic carbocycles. The van der Waals surface area contributed by atoms with Crippen LogP contribution in [0.25, 0.3) is 11.0 Å². The second-order valence-electron chi connectivity index (χ2n) is 4.68. The van der Waals surface area contributed by atoms with Gasteiger partial charge in [-0.25, -0.2) is 9.67 Å². The number of fused-ring (bicyclic) bond motifs is 1. The molecule has 1 N–H and O–H groups in total. The van der Waals surface area contributed by atoms with E-state index in [1.165, 1.54) is 0 Å². The van der Waals surface area contributed by atoms with E-state index in [1.807, 2.05) is 41.1 Å². The number of nitrogens with zero attached hydrogens (tertiary/aromatic N) is 4. The highest BCUT2D eigenvalue weighted by molar-refractivity contribution is 5.74. The van der Waals surface area contributed by atoms with E-state index in [9.17, 15) is 0 Å². The van der Waals surface area contributed by atoms with E-state index in [2.05, 4.69) is 27.5 Å². The van der Waals surface area contributed by atoms with Gasteiger partial charge in [0.25, 0.3) is 0 Å². The van der Waals surface area contributed by atoms with E-state index in [4.69, 9.17) is 4.74 Å². The molecule has 1 unspecified atom stereocenters. The van der Waals surface area contributed by atoms with Crippen LogP contribution < -0.4 is 10.1 Å². The van der Waals surface area contributed by atoms with Crippen LogP contribution in [0.4, 0.5) is 5.69 Å². The maximum absolute atomic E-state index is 5.06. The third-order valence-corrected chi connectivity index (χ3v) is 3.34. The number of hydrogen-bond acceptors (Lipinski definition) is 5. The van der Waals surface area contributed by atoms with Crippen LogP contribution in [0.3, 0.4) is 0 Å². The zero-order valence-corrected chi connectivity index (χ0v) is 12.0. The summed E-state index contributed by atoms with van der Waals surface area (Å²) in [6.07, 6.45) is 2.65. The molecule has 0 spiro atoms. The van der Waals surface area contributed by atoms with Crippen LogP contribution in [-0.2, 0) is 0 Å².